The van der Waals surface area contributed by atoms with Crippen LogP contribution in [0.5, 0.6) is 0 Å². The van der Waals surface area contributed by atoms with Crippen LogP contribution in [0, 0.1) is 0 Å². The Morgan fingerprint density at radius 1 is 0.864 bits per heavy atom. The smallest absolute Gasteiger partial charge is 0.237 e. The fraction of sp³-hybridized carbons (Fsp3) is 0.947. The SMILES string of the molecule is CCCCCCCCCCCCCCC1(C(=O)NCC)CS1. The minimum Gasteiger partial charge on any atom is -0.355 e. The van der Waals surface area contributed by atoms with Gasteiger partial charge in [0.15, 0.2) is 0 Å². The predicted molar refractivity (Wildman–Crippen MR) is 99.6 cm³/mol. The van der Waals surface area contributed by atoms with Gasteiger partial charge in [-0.2, -0.15) is 0 Å². The predicted octanol–water partition coefficient (Wildman–Crippen LogP) is 5.70. The molecule has 0 saturated carbocycles. The van der Waals surface area contributed by atoms with Gasteiger partial charge in [-0.05, 0) is 13.3 Å². The maximum Gasteiger partial charge on any atom is 0.237 e. The highest BCUT2D eigenvalue weighted by Gasteiger charge is 2.49. The summed E-state index contributed by atoms with van der Waals surface area (Å²) < 4.78 is -0.0332. The van der Waals surface area contributed by atoms with Crippen molar-refractivity contribution in [1.82, 2.24) is 5.32 Å². The van der Waals surface area contributed by atoms with Gasteiger partial charge < -0.3 is 5.32 Å². The van der Waals surface area contributed by atoms with Gasteiger partial charge in [-0.15, -0.1) is 11.8 Å². The van der Waals surface area contributed by atoms with E-state index in [4.69, 9.17) is 0 Å². The lowest BCUT2D eigenvalue weighted by Gasteiger charge is -2.12. The standard InChI is InChI=1S/C19H37NOS/c1-3-5-6-7-8-9-10-11-12-13-14-15-16-19(17-22-19)18(21)20-4-2/h3-17H2,1-2H3,(H,20,21). The quantitative estimate of drug-likeness (QED) is 0.309. The summed E-state index contributed by atoms with van der Waals surface area (Å²) in [6.07, 6.45) is 17.7. The summed E-state index contributed by atoms with van der Waals surface area (Å²) in [5, 5.41) is 2.98. The molecule has 1 aliphatic heterocycles. The molecule has 0 aromatic rings. The molecular formula is C19H37NOS. The van der Waals surface area contributed by atoms with Crippen molar-refractivity contribution in [3.63, 3.8) is 0 Å². The van der Waals surface area contributed by atoms with Crippen molar-refractivity contribution in [2.45, 2.75) is 102 Å². The number of hydrogen-bond acceptors (Lipinski definition) is 2. The lowest BCUT2D eigenvalue weighted by Crippen LogP contribution is -2.36. The number of unbranched alkanes of at least 4 members (excludes halogenated alkanes) is 11. The van der Waals surface area contributed by atoms with E-state index in [1.165, 1.54) is 77.0 Å². The molecule has 1 amide bonds. The summed E-state index contributed by atoms with van der Waals surface area (Å²) >= 11 is 1.83. The molecule has 1 fully saturated rings. The molecule has 1 unspecified atom stereocenters. The zero-order chi connectivity index (χ0) is 16.1. The highest BCUT2D eigenvalue weighted by atomic mass is 32.2. The van der Waals surface area contributed by atoms with Crippen molar-refractivity contribution in [3.05, 3.63) is 0 Å². The summed E-state index contributed by atoms with van der Waals surface area (Å²) in [4.78, 5) is 11.9. The van der Waals surface area contributed by atoms with Crippen molar-refractivity contribution in [3.8, 4) is 0 Å². The molecule has 22 heavy (non-hydrogen) atoms. The van der Waals surface area contributed by atoms with E-state index in [0.29, 0.717) is 0 Å². The van der Waals surface area contributed by atoms with E-state index in [2.05, 4.69) is 12.2 Å². The number of rotatable bonds is 15. The number of nitrogens with one attached hydrogen (secondary N) is 1. The van der Waals surface area contributed by atoms with Crippen LogP contribution in [0.25, 0.3) is 0 Å². The summed E-state index contributed by atoms with van der Waals surface area (Å²) in [7, 11) is 0. The highest BCUT2D eigenvalue weighted by Crippen LogP contribution is 2.48. The van der Waals surface area contributed by atoms with Gasteiger partial charge in [0, 0.05) is 12.3 Å². The van der Waals surface area contributed by atoms with Crippen LogP contribution in [-0.2, 0) is 4.79 Å². The van der Waals surface area contributed by atoms with E-state index in [-0.39, 0.29) is 10.7 Å². The largest absolute Gasteiger partial charge is 0.355 e. The minimum absolute atomic E-state index is 0.0332. The average molecular weight is 328 g/mol. The van der Waals surface area contributed by atoms with Crippen molar-refractivity contribution < 1.29 is 4.79 Å². The molecular weight excluding hydrogens is 290 g/mol. The first-order valence-electron chi connectivity index (χ1n) is 9.67. The number of hydrogen-bond donors (Lipinski definition) is 1. The Kier molecular flexibility index (Phi) is 11.1. The first kappa shape index (κ1) is 19.9. The van der Waals surface area contributed by atoms with Gasteiger partial charge in [-0.1, -0.05) is 84.0 Å². The van der Waals surface area contributed by atoms with Crippen LogP contribution in [0.2, 0.25) is 0 Å². The van der Waals surface area contributed by atoms with Gasteiger partial charge in [0.05, 0.1) is 0 Å². The minimum atomic E-state index is -0.0332. The van der Waals surface area contributed by atoms with Gasteiger partial charge in [-0.25, -0.2) is 0 Å². The number of carbonyl (C=O) groups excluding carboxylic acids is 1. The summed E-state index contributed by atoms with van der Waals surface area (Å²) in [5.74, 6) is 1.32. The maximum atomic E-state index is 11.9. The van der Waals surface area contributed by atoms with Crippen molar-refractivity contribution in [1.29, 1.82) is 0 Å². The van der Waals surface area contributed by atoms with Gasteiger partial charge in [-0.3, -0.25) is 4.79 Å². The second kappa shape index (κ2) is 12.3. The van der Waals surface area contributed by atoms with Crippen LogP contribution in [0.1, 0.15) is 97.3 Å². The average Bonchev–Trinajstić information content (AvgIpc) is 3.30. The molecule has 1 saturated heterocycles. The van der Waals surface area contributed by atoms with E-state index in [9.17, 15) is 4.79 Å². The molecule has 1 N–H and O–H groups in total. The molecule has 0 aromatic carbocycles. The third kappa shape index (κ3) is 8.45. The van der Waals surface area contributed by atoms with Crippen LogP contribution >= 0.6 is 11.8 Å². The Morgan fingerprint density at radius 3 is 1.73 bits per heavy atom. The van der Waals surface area contributed by atoms with Crippen LogP contribution in [0.3, 0.4) is 0 Å². The first-order chi connectivity index (χ1) is 10.7. The summed E-state index contributed by atoms with van der Waals surface area (Å²) in [6, 6.07) is 0. The number of thioether (sulfide) groups is 1. The Hall–Kier alpha value is -0.180. The fourth-order valence-corrected chi connectivity index (χ4v) is 3.99. The third-order valence-electron chi connectivity index (χ3n) is 4.68. The zero-order valence-electron chi connectivity index (χ0n) is 14.9. The van der Waals surface area contributed by atoms with E-state index in [1.807, 2.05) is 18.7 Å². The van der Waals surface area contributed by atoms with E-state index >= 15 is 0 Å². The molecule has 0 aromatic heterocycles. The Morgan fingerprint density at radius 2 is 1.32 bits per heavy atom. The van der Waals surface area contributed by atoms with Crippen molar-refractivity contribution in [2.75, 3.05) is 12.3 Å². The van der Waals surface area contributed by atoms with Crippen molar-refractivity contribution >= 4 is 17.7 Å². The maximum absolute atomic E-state index is 11.9. The van der Waals surface area contributed by atoms with E-state index in [1.54, 1.807) is 0 Å². The van der Waals surface area contributed by atoms with Crippen LogP contribution < -0.4 is 5.32 Å². The highest BCUT2D eigenvalue weighted by molar-refractivity contribution is 8.08. The van der Waals surface area contributed by atoms with Gasteiger partial charge in [0.25, 0.3) is 0 Å². The topological polar surface area (TPSA) is 29.1 Å². The Labute approximate surface area is 142 Å². The molecule has 0 aliphatic carbocycles. The van der Waals surface area contributed by atoms with Crippen LogP contribution in [0.4, 0.5) is 0 Å². The second-order valence-corrected chi connectivity index (χ2v) is 8.14. The first-order valence-corrected chi connectivity index (χ1v) is 10.7. The molecule has 130 valence electrons. The lowest BCUT2D eigenvalue weighted by molar-refractivity contribution is -0.122. The number of amides is 1. The summed E-state index contributed by atoms with van der Waals surface area (Å²) in [5.41, 5.74) is 0. The normalized spacial score (nSPS) is 20.1. The monoisotopic (exact) mass is 327 g/mol. The molecule has 1 rings (SSSR count). The van der Waals surface area contributed by atoms with E-state index in [0.717, 1.165) is 18.7 Å². The van der Waals surface area contributed by atoms with Crippen LogP contribution in [-0.4, -0.2) is 23.0 Å². The lowest BCUT2D eigenvalue weighted by atomic mass is 10.0. The molecule has 1 atom stereocenters. The van der Waals surface area contributed by atoms with Crippen LogP contribution in [0.15, 0.2) is 0 Å². The summed E-state index contributed by atoms with van der Waals surface area (Å²) in [6.45, 7) is 5.04. The Balaban J connectivity index is 1.83. The van der Waals surface area contributed by atoms with E-state index < -0.39 is 0 Å². The third-order valence-corrected chi connectivity index (χ3v) is 6.05. The van der Waals surface area contributed by atoms with Gasteiger partial charge >= 0.3 is 0 Å². The Bertz CT molecular complexity index is 289. The zero-order valence-corrected chi connectivity index (χ0v) is 15.7. The molecule has 1 aliphatic rings. The molecule has 1 heterocycles. The van der Waals surface area contributed by atoms with Gasteiger partial charge in [0.1, 0.15) is 4.75 Å². The molecule has 3 heteroatoms. The van der Waals surface area contributed by atoms with Crippen molar-refractivity contribution in [2.24, 2.45) is 0 Å². The second-order valence-electron chi connectivity index (χ2n) is 6.78. The molecule has 0 radical (unpaired) electrons. The molecule has 0 bridgehead atoms. The fourth-order valence-electron chi connectivity index (χ4n) is 3.05. The molecule has 0 spiro atoms. The number of carbonyl (C=O) groups is 1. The van der Waals surface area contributed by atoms with Gasteiger partial charge in [0.2, 0.25) is 5.91 Å². The molecule has 2 nitrogen and oxygen atoms in total.